The number of aromatic nitrogens is 2. The Hall–Kier alpha value is -1.57. The highest BCUT2D eigenvalue weighted by Crippen LogP contribution is 2.27. The normalized spacial score (nSPS) is 11.1. The van der Waals surface area contributed by atoms with E-state index in [1.54, 1.807) is 0 Å². The number of imidazole rings is 1. The summed E-state index contributed by atoms with van der Waals surface area (Å²) in [5, 5.41) is 0. The van der Waals surface area contributed by atoms with Crippen molar-refractivity contribution in [2.24, 2.45) is 7.05 Å². The molecule has 0 saturated heterocycles. The quantitative estimate of drug-likeness (QED) is 0.748. The van der Waals surface area contributed by atoms with Crippen molar-refractivity contribution in [1.29, 1.82) is 0 Å². The Kier molecular flexibility index (Phi) is 2.82. The lowest BCUT2D eigenvalue weighted by atomic mass is 10.0. The number of nitrogens with zero attached hydrogens (tertiary/aromatic N) is 2. The minimum absolute atomic E-state index is 0.490. The average molecular weight is 214 g/mol. The van der Waals surface area contributed by atoms with Crippen LogP contribution in [0.5, 0.6) is 0 Å². The maximum absolute atomic E-state index is 4.50. The molecular weight excluding hydrogens is 196 g/mol. The molecule has 0 fully saturated rings. The molecule has 0 N–H and O–H groups in total. The van der Waals surface area contributed by atoms with Crippen molar-refractivity contribution >= 4 is 0 Å². The van der Waals surface area contributed by atoms with Crippen LogP contribution < -0.4 is 0 Å². The van der Waals surface area contributed by atoms with Gasteiger partial charge in [0.15, 0.2) is 0 Å². The van der Waals surface area contributed by atoms with Gasteiger partial charge in [0.1, 0.15) is 0 Å². The highest BCUT2D eigenvalue weighted by molar-refractivity contribution is 5.62. The van der Waals surface area contributed by atoms with Crippen LogP contribution in [0, 0.1) is 6.92 Å². The van der Waals surface area contributed by atoms with Crippen LogP contribution in [0.4, 0.5) is 0 Å². The van der Waals surface area contributed by atoms with Crippen LogP contribution in [0.15, 0.2) is 30.6 Å². The lowest BCUT2D eigenvalue weighted by Gasteiger charge is -2.09. The Morgan fingerprint density at radius 1 is 1.12 bits per heavy atom. The van der Waals surface area contributed by atoms with Gasteiger partial charge in [-0.1, -0.05) is 43.7 Å². The molecule has 2 nitrogen and oxygen atoms in total. The third-order valence-corrected chi connectivity index (χ3v) is 2.85. The highest BCUT2D eigenvalue weighted by atomic mass is 15.0. The molecule has 84 valence electrons. The largest absolute Gasteiger partial charge is 0.337 e. The van der Waals surface area contributed by atoms with E-state index >= 15 is 0 Å². The van der Waals surface area contributed by atoms with Gasteiger partial charge in [0.2, 0.25) is 0 Å². The van der Waals surface area contributed by atoms with Crippen LogP contribution >= 0.6 is 0 Å². The summed E-state index contributed by atoms with van der Waals surface area (Å²) in [6.45, 7) is 6.51. The summed E-state index contributed by atoms with van der Waals surface area (Å²) in [5.74, 6) is 0.490. The standard InChI is InChI=1S/C14H18N2/c1-10(2)14-13(15-9-16(14)4)12-7-5-11(3)6-8-12/h5-10H,1-4H3. The summed E-state index contributed by atoms with van der Waals surface area (Å²) in [5.41, 5.74) is 4.89. The number of benzene rings is 1. The summed E-state index contributed by atoms with van der Waals surface area (Å²) >= 11 is 0. The van der Waals surface area contributed by atoms with Gasteiger partial charge in [-0.3, -0.25) is 0 Å². The second-order valence-electron chi connectivity index (χ2n) is 4.61. The van der Waals surface area contributed by atoms with Gasteiger partial charge >= 0.3 is 0 Å². The van der Waals surface area contributed by atoms with Crippen LogP contribution in [0.3, 0.4) is 0 Å². The van der Waals surface area contributed by atoms with Crippen LogP contribution in [-0.4, -0.2) is 9.55 Å². The summed E-state index contributed by atoms with van der Waals surface area (Å²) in [7, 11) is 2.06. The molecule has 0 spiro atoms. The van der Waals surface area contributed by atoms with Crippen molar-refractivity contribution in [2.45, 2.75) is 26.7 Å². The van der Waals surface area contributed by atoms with Gasteiger partial charge in [0.05, 0.1) is 12.0 Å². The minimum Gasteiger partial charge on any atom is -0.337 e. The Morgan fingerprint density at radius 2 is 1.75 bits per heavy atom. The second-order valence-corrected chi connectivity index (χ2v) is 4.61. The average Bonchev–Trinajstić information content (AvgIpc) is 2.61. The third-order valence-electron chi connectivity index (χ3n) is 2.85. The molecule has 1 aromatic carbocycles. The fraction of sp³-hybridized carbons (Fsp3) is 0.357. The number of aryl methyl sites for hydroxylation is 2. The van der Waals surface area contributed by atoms with Crippen molar-refractivity contribution in [1.82, 2.24) is 9.55 Å². The monoisotopic (exact) mass is 214 g/mol. The summed E-state index contributed by atoms with van der Waals surface area (Å²) < 4.78 is 2.11. The first kappa shape index (κ1) is 10.9. The zero-order valence-corrected chi connectivity index (χ0v) is 10.4. The van der Waals surface area contributed by atoms with E-state index in [2.05, 4.69) is 61.6 Å². The van der Waals surface area contributed by atoms with E-state index in [-0.39, 0.29) is 0 Å². The van der Waals surface area contributed by atoms with Gasteiger partial charge in [-0.25, -0.2) is 4.98 Å². The Labute approximate surface area is 97.0 Å². The Bertz CT molecular complexity index is 478. The molecular formula is C14H18N2. The van der Waals surface area contributed by atoms with E-state index in [1.807, 2.05) is 6.33 Å². The molecule has 1 heterocycles. The maximum atomic E-state index is 4.50. The van der Waals surface area contributed by atoms with Crippen LogP contribution in [-0.2, 0) is 7.05 Å². The molecule has 0 unspecified atom stereocenters. The van der Waals surface area contributed by atoms with Gasteiger partial charge in [0, 0.05) is 18.3 Å². The summed E-state index contributed by atoms with van der Waals surface area (Å²) in [6, 6.07) is 8.55. The Balaban J connectivity index is 2.52. The molecule has 0 aliphatic carbocycles. The van der Waals surface area contributed by atoms with Crippen LogP contribution in [0.2, 0.25) is 0 Å². The SMILES string of the molecule is Cc1ccc(-c2ncn(C)c2C(C)C)cc1. The first-order chi connectivity index (χ1) is 7.59. The lowest BCUT2D eigenvalue weighted by Crippen LogP contribution is -1.99. The molecule has 0 aliphatic heterocycles. The zero-order chi connectivity index (χ0) is 11.7. The zero-order valence-electron chi connectivity index (χ0n) is 10.4. The fourth-order valence-corrected chi connectivity index (χ4v) is 2.05. The topological polar surface area (TPSA) is 17.8 Å². The van der Waals surface area contributed by atoms with Crippen molar-refractivity contribution in [2.75, 3.05) is 0 Å². The van der Waals surface area contributed by atoms with Gasteiger partial charge in [-0.2, -0.15) is 0 Å². The maximum Gasteiger partial charge on any atom is 0.0953 e. The molecule has 16 heavy (non-hydrogen) atoms. The Morgan fingerprint density at radius 3 is 2.31 bits per heavy atom. The van der Waals surface area contributed by atoms with E-state index < -0.39 is 0 Å². The molecule has 0 amide bonds. The van der Waals surface area contributed by atoms with E-state index in [0.29, 0.717) is 5.92 Å². The third kappa shape index (κ3) is 1.87. The second kappa shape index (κ2) is 4.12. The van der Waals surface area contributed by atoms with Gasteiger partial charge in [-0.15, -0.1) is 0 Å². The molecule has 0 saturated carbocycles. The minimum atomic E-state index is 0.490. The predicted octanol–water partition coefficient (Wildman–Crippen LogP) is 3.52. The van der Waals surface area contributed by atoms with Gasteiger partial charge in [0.25, 0.3) is 0 Å². The summed E-state index contributed by atoms with van der Waals surface area (Å²) in [4.78, 5) is 4.50. The van der Waals surface area contributed by atoms with Gasteiger partial charge < -0.3 is 4.57 Å². The predicted molar refractivity (Wildman–Crippen MR) is 67.5 cm³/mol. The molecule has 0 aliphatic rings. The molecule has 1 aromatic heterocycles. The molecule has 2 heteroatoms. The smallest absolute Gasteiger partial charge is 0.0953 e. The lowest BCUT2D eigenvalue weighted by molar-refractivity contribution is 0.742. The number of hydrogen-bond acceptors (Lipinski definition) is 1. The molecule has 2 aromatic rings. The molecule has 0 radical (unpaired) electrons. The number of hydrogen-bond donors (Lipinski definition) is 0. The fourth-order valence-electron chi connectivity index (χ4n) is 2.05. The van der Waals surface area contributed by atoms with Crippen molar-refractivity contribution in [3.8, 4) is 11.3 Å². The first-order valence-corrected chi connectivity index (χ1v) is 5.68. The van der Waals surface area contributed by atoms with E-state index in [0.717, 1.165) is 5.69 Å². The van der Waals surface area contributed by atoms with Crippen molar-refractivity contribution in [3.63, 3.8) is 0 Å². The molecule has 2 rings (SSSR count). The molecule has 0 bridgehead atoms. The number of rotatable bonds is 2. The van der Waals surface area contributed by atoms with E-state index in [9.17, 15) is 0 Å². The van der Waals surface area contributed by atoms with Crippen molar-refractivity contribution < 1.29 is 0 Å². The van der Waals surface area contributed by atoms with Crippen molar-refractivity contribution in [3.05, 3.63) is 41.9 Å². The highest BCUT2D eigenvalue weighted by Gasteiger charge is 2.13. The summed E-state index contributed by atoms with van der Waals surface area (Å²) in [6.07, 6.45) is 1.89. The first-order valence-electron chi connectivity index (χ1n) is 5.68. The van der Waals surface area contributed by atoms with E-state index in [1.165, 1.54) is 16.8 Å². The van der Waals surface area contributed by atoms with E-state index in [4.69, 9.17) is 0 Å². The van der Waals surface area contributed by atoms with Gasteiger partial charge in [-0.05, 0) is 12.8 Å². The van der Waals surface area contributed by atoms with Crippen LogP contribution in [0.25, 0.3) is 11.3 Å². The molecule has 0 atom stereocenters. The van der Waals surface area contributed by atoms with Crippen LogP contribution in [0.1, 0.15) is 31.0 Å².